The van der Waals surface area contributed by atoms with Gasteiger partial charge >= 0.3 is 0 Å². The van der Waals surface area contributed by atoms with Crippen LogP contribution in [0.3, 0.4) is 0 Å². The van der Waals surface area contributed by atoms with E-state index in [0.717, 1.165) is 0 Å². The zero-order valence-corrected chi connectivity index (χ0v) is 7.26. The highest BCUT2D eigenvalue weighted by Crippen LogP contribution is 1.95. The molecule has 0 aromatic heterocycles. The lowest BCUT2D eigenvalue weighted by molar-refractivity contribution is 0.709. The van der Waals surface area contributed by atoms with Crippen LogP contribution < -0.4 is 4.72 Å². The minimum atomic E-state index is 1.17. The Labute approximate surface area is 62.7 Å². The number of hydrogen-bond acceptors (Lipinski definition) is 2. The molecule has 0 heterocycles. The Morgan fingerprint density at radius 2 is 2.00 bits per heavy atom. The lowest BCUT2D eigenvalue weighted by Gasteiger charge is -1.98. The first-order valence-corrected chi connectivity index (χ1v) is 4.75. The van der Waals surface area contributed by atoms with Crippen molar-refractivity contribution >= 4 is 11.9 Å². The zero-order valence-electron chi connectivity index (χ0n) is 6.44. The Kier molecular flexibility index (Phi) is 8.60. The van der Waals surface area contributed by atoms with Crippen molar-refractivity contribution in [2.24, 2.45) is 0 Å². The Morgan fingerprint density at radius 3 is 2.56 bits per heavy atom. The van der Waals surface area contributed by atoms with Crippen LogP contribution in [0, 0.1) is 0 Å². The van der Waals surface area contributed by atoms with E-state index >= 15 is 0 Å². The van der Waals surface area contributed by atoms with Gasteiger partial charge in [-0.25, -0.2) is 0 Å². The van der Waals surface area contributed by atoms with E-state index in [2.05, 4.69) is 18.6 Å². The number of hydrogen-bond donors (Lipinski definition) is 1. The fourth-order valence-electron chi connectivity index (χ4n) is 0.621. The summed E-state index contributed by atoms with van der Waals surface area (Å²) in [4.78, 5) is 0. The van der Waals surface area contributed by atoms with Gasteiger partial charge in [0.05, 0.1) is 0 Å². The summed E-state index contributed by atoms with van der Waals surface area (Å²) in [7, 11) is 0. The highest BCUT2D eigenvalue weighted by Gasteiger charge is 1.84. The van der Waals surface area contributed by atoms with E-state index in [1.165, 1.54) is 31.6 Å². The molecule has 0 aromatic rings. The lowest BCUT2D eigenvalue weighted by Crippen LogP contribution is -2.05. The van der Waals surface area contributed by atoms with Crippen molar-refractivity contribution in [1.82, 2.24) is 4.72 Å². The van der Waals surface area contributed by atoms with E-state index in [4.69, 9.17) is 0 Å². The largest absolute Gasteiger partial charge is 0.264 e. The molecule has 0 saturated carbocycles. The molecule has 1 N–H and O–H groups in total. The molecule has 0 amide bonds. The van der Waals surface area contributed by atoms with Gasteiger partial charge in [0.2, 0.25) is 0 Å². The van der Waals surface area contributed by atoms with Gasteiger partial charge in [0, 0.05) is 12.3 Å². The standard InChI is InChI=1S/C7H17NS/c1-3-5-6-7-8-9-4-2/h8H,3-7H2,1-2H3. The first-order valence-electron chi connectivity index (χ1n) is 3.76. The molecular weight excluding hydrogens is 130 g/mol. The van der Waals surface area contributed by atoms with Gasteiger partial charge in [-0.05, 0) is 6.42 Å². The molecule has 0 bridgehead atoms. The molecule has 0 unspecified atom stereocenters. The monoisotopic (exact) mass is 147 g/mol. The third kappa shape index (κ3) is 8.31. The van der Waals surface area contributed by atoms with E-state index in [-0.39, 0.29) is 0 Å². The minimum absolute atomic E-state index is 1.17. The Bertz CT molecular complexity index is 42.2. The van der Waals surface area contributed by atoms with Crippen LogP contribution in [-0.2, 0) is 0 Å². The van der Waals surface area contributed by atoms with Crippen LogP contribution >= 0.6 is 11.9 Å². The van der Waals surface area contributed by atoms with Crippen LogP contribution in [0.4, 0.5) is 0 Å². The molecule has 0 saturated heterocycles. The van der Waals surface area contributed by atoms with Crippen molar-refractivity contribution < 1.29 is 0 Å². The van der Waals surface area contributed by atoms with Gasteiger partial charge in [0.1, 0.15) is 0 Å². The molecule has 0 atom stereocenters. The van der Waals surface area contributed by atoms with Crippen molar-refractivity contribution in [3.05, 3.63) is 0 Å². The summed E-state index contributed by atoms with van der Waals surface area (Å²) in [6.45, 7) is 5.57. The highest BCUT2D eigenvalue weighted by atomic mass is 32.2. The van der Waals surface area contributed by atoms with Gasteiger partial charge < -0.3 is 0 Å². The molecule has 0 fully saturated rings. The van der Waals surface area contributed by atoms with Crippen molar-refractivity contribution in [3.63, 3.8) is 0 Å². The SMILES string of the molecule is CCCCCNSCC. The van der Waals surface area contributed by atoms with Crippen LogP contribution in [0.1, 0.15) is 33.1 Å². The lowest BCUT2D eigenvalue weighted by atomic mass is 10.3. The summed E-state index contributed by atoms with van der Waals surface area (Å²) in [6, 6.07) is 0. The molecule has 56 valence electrons. The van der Waals surface area contributed by atoms with Gasteiger partial charge in [-0.2, -0.15) is 0 Å². The summed E-state index contributed by atoms with van der Waals surface area (Å²) < 4.78 is 3.29. The summed E-state index contributed by atoms with van der Waals surface area (Å²) in [5.74, 6) is 1.17. The van der Waals surface area contributed by atoms with Gasteiger partial charge in [0.15, 0.2) is 0 Å². The average Bonchev–Trinajstić information content (AvgIpc) is 1.89. The van der Waals surface area contributed by atoms with Crippen LogP contribution in [0.25, 0.3) is 0 Å². The van der Waals surface area contributed by atoms with Crippen molar-refractivity contribution in [2.45, 2.75) is 33.1 Å². The number of rotatable bonds is 6. The number of nitrogens with one attached hydrogen (secondary N) is 1. The first-order chi connectivity index (χ1) is 4.41. The van der Waals surface area contributed by atoms with Crippen LogP contribution in [0.15, 0.2) is 0 Å². The quantitative estimate of drug-likeness (QED) is 0.457. The van der Waals surface area contributed by atoms with Gasteiger partial charge in [-0.1, -0.05) is 38.6 Å². The molecule has 0 spiro atoms. The molecule has 0 aliphatic carbocycles. The maximum absolute atomic E-state index is 3.29. The van der Waals surface area contributed by atoms with Gasteiger partial charge in [0.25, 0.3) is 0 Å². The van der Waals surface area contributed by atoms with E-state index in [9.17, 15) is 0 Å². The van der Waals surface area contributed by atoms with Crippen LogP contribution in [-0.4, -0.2) is 12.3 Å². The zero-order chi connectivity index (χ0) is 6.95. The fourth-order valence-corrected chi connectivity index (χ4v) is 1.11. The van der Waals surface area contributed by atoms with Crippen LogP contribution in [0.2, 0.25) is 0 Å². The van der Waals surface area contributed by atoms with Gasteiger partial charge in [-0.3, -0.25) is 4.72 Å². The molecule has 2 heteroatoms. The van der Waals surface area contributed by atoms with Crippen molar-refractivity contribution in [3.8, 4) is 0 Å². The third-order valence-electron chi connectivity index (χ3n) is 1.13. The summed E-state index contributed by atoms with van der Waals surface area (Å²) in [5.41, 5.74) is 0. The predicted octanol–water partition coefficient (Wildman–Crippen LogP) is 2.43. The van der Waals surface area contributed by atoms with E-state index in [1.807, 2.05) is 11.9 Å². The number of unbranched alkanes of at least 4 members (excludes halogenated alkanes) is 2. The minimum Gasteiger partial charge on any atom is -0.264 e. The molecule has 1 nitrogen and oxygen atoms in total. The van der Waals surface area contributed by atoms with E-state index in [0.29, 0.717) is 0 Å². The first kappa shape index (κ1) is 9.31. The maximum atomic E-state index is 3.29. The molecule has 0 aromatic carbocycles. The molecule has 0 aliphatic heterocycles. The summed E-state index contributed by atoms with van der Waals surface area (Å²) in [5, 5.41) is 0. The second-order valence-electron chi connectivity index (χ2n) is 2.03. The third-order valence-corrected chi connectivity index (χ3v) is 1.83. The van der Waals surface area contributed by atoms with Crippen LogP contribution in [0.5, 0.6) is 0 Å². The second kappa shape index (κ2) is 8.31. The predicted molar refractivity (Wildman–Crippen MR) is 45.7 cm³/mol. The van der Waals surface area contributed by atoms with E-state index in [1.54, 1.807) is 0 Å². The Morgan fingerprint density at radius 1 is 1.22 bits per heavy atom. The van der Waals surface area contributed by atoms with Gasteiger partial charge in [-0.15, -0.1) is 0 Å². The normalized spacial score (nSPS) is 10.0. The summed E-state index contributed by atoms with van der Waals surface area (Å²) in [6.07, 6.45) is 4.00. The van der Waals surface area contributed by atoms with E-state index < -0.39 is 0 Å². The molecule has 0 rings (SSSR count). The molecule has 0 radical (unpaired) electrons. The molecule has 0 aliphatic rings. The molecular formula is C7H17NS. The smallest absolute Gasteiger partial charge is 0.00585 e. The average molecular weight is 147 g/mol. The Hall–Kier alpha value is 0.310. The highest BCUT2D eigenvalue weighted by molar-refractivity contribution is 7.97. The fraction of sp³-hybridized carbons (Fsp3) is 1.00. The Balaban J connectivity index is 2.60. The van der Waals surface area contributed by atoms with Crippen molar-refractivity contribution in [1.29, 1.82) is 0 Å². The second-order valence-corrected chi connectivity index (χ2v) is 3.19. The summed E-state index contributed by atoms with van der Waals surface area (Å²) >= 11 is 1.81. The maximum Gasteiger partial charge on any atom is 0.00585 e. The molecule has 9 heavy (non-hydrogen) atoms. The topological polar surface area (TPSA) is 12.0 Å². The van der Waals surface area contributed by atoms with Crippen molar-refractivity contribution in [2.75, 3.05) is 12.3 Å².